The van der Waals surface area contributed by atoms with Crippen molar-refractivity contribution >= 4 is 11.8 Å². The summed E-state index contributed by atoms with van der Waals surface area (Å²) >= 11 is 0. The lowest BCUT2D eigenvalue weighted by Gasteiger charge is -2.30. The van der Waals surface area contributed by atoms with Crippen molar-refractivity contribution in [2.75, 3.05) is 6.54 Å². The second kappa shape index (κ2) is 14.6. The Hall–Kier alpha value is -4.34. The molecule has 4 unspecified atom stereocenters. The third-order valence-corrected chi connectivity index (χ3v) is 8.78. The maximum atomic E-state index is 14.0. The molecule has 2 amide bonds. The van der Waals surface area contributed by atoms with E-state index in [1.54, 1.807) is 18.1 Å². The van der Waals surface area contributed by atoms with E-state index in [1.165, 1.54) is 23.8 Å². The van der Waals surface area contributed by atoms with Crippen LogP contribution in [0.4, 0.5) is 4.39 Å². The van der Waals surface area contributed by atoms with Crippen LogP contribution in [0, 0.1) is 6.92 Å². The van der Waals surface area contributed by atoms with Gasteiger partial charge in [-0.3, -0.25) is 9.59 Å². The number of aliphatic hydroxyl groups is 1. The number of nitrogens with one attached hydrogen (secondary N) is 2. The maximum absolute atomic E-state index is 14.0. The van der Waals surface area contributed by atoms with Gasteiger partial charge in [-0.1, -0.05) is 75.4 Å². The van der Waals surface area contributed by atoms with E-state index in [1.807, 2.05) is 43.3 Å². The van der Waals surface area contributed by atoms with Gasteiger partial charge in [0.2, 0.25) is 5.89 Å². The predicted molar refractivity (Wildman–Crippen MR) is 180 cm³/mol. The number of hydrogen-bond acceptors (Lipinski definition) is 6. The SMILES string of the molecule is Cc1coc(C2CCCN2C(=O)c2cc(CF)cc(C(=O)NC(C)C(O)C(NCc3cccc(C(C)(C)C)c3)c3ccccc3)c2)n1. The van der Waals surface area contributed by atoms with Crippen molar-refractivity contribution in [3.63, 3.8) is 0 Å². The number of aromatic nitrogens is 1. The van der Waals surface area contributed by atoms with Crippen molar-refractivity contribution in [3.8, 4) is 0 Å². The van der Waals surface area contributed by atoms with Gasteiger partial charge in [-0.2, -0.15) is 0 Å². The zero-order chi connectivity index (χ0) is 33.7. The molecule has 248 valence electrons. The Morgan fingerprint density at radius 1 is 1.04 bits per heavy atom. The largest absolute Gasteiger partial charge is 0.446 e. The zero-order valence-electron chi connectivity index (χ0n) is 27.8. The number of aryl methyl sites for hydroxylation is 1. The number of hydrogen-bond donors (Lipinski definition) is 3. The second-order valence-corrected chi connectivity index (χ2v) is 13.5. The van der Waals surface area contributed by atoms with E-state index in [4.69, 9.17) is 4.42 Å². The van der Waals surface area contributed by atoms with E-state index in [0.29, 0.717) is 25.4 Å². The van der Waals surface area contributed by atoms with Gasteiger partial charge in [0.25, 0.3) is 11.8 Å². The van der Waals surface area contributed by atoms with Crippen LogP contribution in [0.3, 0.4) is 0 Å². The Morgan fingerprint density at radius 3 is 2.47 bits per heavy atom. The van der Waals surface area contributed by atoms with Crippen LogP contribution in [0.2, 0.25) is 0 Å². The molecule has 0 saturated carbocycles. The molecule has 0 spiro atoms. The van der Waals surface area contributed by atoms with Gasteiger partial charge < -0.3 is 25.1 Å². The van der Waals surface area contributed by atoms with Crippen molar-refractivity contribution in [1.29, 1.82) is 0 Å². The Kier molecular flexibility index (Phi) is 10.6. The number of oxazole rings is 1. The third-order valence-electron chi connectivity index (χ3n) is 8.78. The van der Waals surface area contributed by atoms with Gasteiger partial charge in [-0.25, -0.2) is 9.37 Å². The third kappa shape index (κ3) is 8.15. The zero-order valence-corrected chi connectivity index (χ0v) is 27.8. The number of alkyl halides is 1. The lowest BCUT2D eigenvalue weighted by molar-refractivity contribution is 0.0715. The Morgan fingerprint density at radius 2 is 1.79 bits per heavy atom. The van der Waals surface area contributed by atoms with Gasteiger partial charge in [0, 0.05) is 24.2 Å². The highest BCUT2D eigenvalue weighted by atomic mass is 19.1. The van der Waals surface area contributed by atoms with E-state index in [2.05, 4.69) is 54.6 Å². The Balaban J connectivity index is 1.32. The van der Waals surface area contributed by atoms with Crippen LogP contribution >= 0.6 is 0 Å². The van der Waals surface area contributed by atoms with E-state index in [9.17, 15) is 19.1 Å². The molecular weight excluding hydrogens is 595 g/mol. The first-order valence-corrected chi connectivity index (χ1v) is 16.2. The number of likely N-dealkylation sites (tertiary alicyclic amines) is 1. The number of aliphatic hydroxyl groups excluding tert-OH is 1. The molecule has 0 aliphatic carbocycles. The minimum Gasteiger partial charge on any atom is -0.446 e. The van der Waals surface area contributed by atoms with Crippen LogP contribution in [-0.4, -0.2) is 45.5 Å². The minimum atomic E-state index is -1.01. The highest BCUT2D eigenvalue weighted by molar-refractivity contribution is 6.00. The summed E-state index contributed by atoms with van der Waals surface area (Å²) in [6.45, 7) is 10.3. The fourth-order valence-corrected chi connectivity index (χ4v) is 6.12. The fraction of sp³-hybridized carbons (Fsp3) is 0.395. The molecule has 0 bridgehead atoms. The van der Waals surface area contributed by atoms with Crippen LogP contribution < -0.4 is 10.6 Å². The van der Waals surface area contributed by atoms with Crippen molar-refractivity contribution in [1.82, 2.24) is 20.5 Å². The fourth-order valence-electron chi connectivity index (χ4n) is 6.12. The van der Waals surface area contributed by atoms with Crippen LogP contribution in [0.5, 0.6) is 0 Å². The van der Waals surface area contributed by atoms with E-state index >= 15 is 0 Å². The van der Waals surface area contributed by atoms with Gasteiger partial charge in [0.1, 0.15) is 19.0 Å². The van der Waals surface area contributed by atoms with Crippen molar-refractivity contribution < 1.29 is 23.5 Å². The summed E-state index contributed by atoms with van der Waals surface area (Å²) in [5, 5.41) is 18.0. The van der Waals surface area contributed by atoms with Crippen molar-refractivity contribution in [3.05, 3.63) is 124 Å². The minimum absolute atomic E-state index is 0.00300. The molecular formula is C38H45FN4O4. The van der Waals surface area contributed by atoms with E-state index in [0.717, 1.165) is 23.2 Å². The highest BCUT2D eigenvalue weighted by Crippen LogP contribution is 2.33. The molecule has 4 atom stereocenters. The van der Waals surface area contributed by atoms with Crippen molar-refractivity contribution in [2.45, 2.75) is 90.3 Å². The first-order chi connectivity index (χ1) is 22.4. The number of halogens is 1. The molecule has 2 heterocycles. The van der Waals surface area contributed by atoms with E-state index in [-0.39, 0.29) is 34.1 Å². The Labute approximate surface area is 276 Å². The Bertz CT molecular complexity index is 1680. The number of nitrogens with zero attached hydrogens (tertiary/aromatic N) is 2. The monoisotopic (exact) mass is 640 g/mol. The molecule has 1 aromatic heterocycles. The molecule has 0 radical (unpaired) electrons. The number of carbonyl (C=O) groups is 2. The van der Waals surface area contributed by atoms with Gasteiger partial charge in [0.15, 0.2) is 0 Å². The first kappa shape index (κ1) is 34.0. The van der Waals surface area contributed by atoms with Crippen LogP contribution in [0.1, 0.15) is 107 Å². The van der Waals surface area contributed by atoms with Gasteiger partial charge in [-0.15, -0.1) is 0 Å². The molecule has 1 aliphatic rings. The molecule has 3 aromatic carbocycles. The summed E-state index contributed by atoms with van der Waals surface area (Å²) in [7, 11) is 0. The van der Waals surface area contributed by atoms with Crippen LogP contribution in [-0.2, 0) is 18.6 Å². The van der Waals surface area contributed by atoms with Crippen LogP contribution in [0.25, 0.3) is 0 Å². The number of benzene rings is 3. The quantitative estimate of drug-likeness (QED) is 0.168. The average Bonchev–Trinajstić information content (AvgIpc) is 3.73. The predicted octanol–water partition coefficient (Wildman–Crippen LogP) is 6.74. The summed E-state index contributed by atoms with van der Waals surface area (Å²) in [6, 6.07) is 20.9. The standard InChI is InChI=1S/C38H45FN4O4/c1-24-23-47-36(41-24)32-15-10-16-43(32)37(46)30-18-27(21-39)17-29(20-30)35(45)42-25(2)34(44)33(28-12-7-6-8-13-28)40-22-26-11-9-14-31(19-26)38(3,4)5/h6-9,11-14,17-20,23,25,32-34,40,44H,10,15-16,21-22H2,1-5H3,(H,42,45). The molecule has 3 N–H and O–H groups in total. The second-order valence-electron chi connectivity index (χ2n) is 13.5. The topological polar surface area (TPSA) is 108 Å². The molecule has 4 aromatic rings. The van der Waals surface area contributed by atoms with Gasteiger partial charge in [-0.05, 0) is 72.6 Å². The summed E-state index contributed by atoms with van der Waals surface area (Å²) in [6.07, 6.45) is 2.03. The number of rotatable bonds is 11. The molecule has 1 saturated heterocycles. The average molecular weight is 641 g/mol. The maximum Gasteiger partial charge on any atom is 0.254 e. The normalized spacial score (nSPS) is 16.9. The first-order valence-electron chi connectivity index (χ1n) is 16.2. The van der Waals surface area contributed by atoms with Crippen LogP contribution in [0.15, 0.2) is 83.5 Å². The summed E-state index contributed by atoms with van der Waals surface area (Å²) in [4.78, 5) is 33.3. The molecule has 1 fully saturated rings. The molecule has 5 rings (SSSR count). The summed E-state index contributed by atoms with van der Waals surface area (Å²) in [5.41, 5.74) is 4.50. The van der Waals surface area contributed by atoms with Gasteiger partial charge in [0.05, 0.1) is 23.9 Å². The smallest absolute Gasteiger partial charge is 0.254 e. The molecule has 1 aliphatic heterocycles. The number of carbonyl (C=O) groups excluding carboxylic acids is 2. The molecule has 9 heteroatoms. The number of amides is 2. The van der Waals surface area contributed by atoms with Gasteiger partial charge >= 0.3 is 0 Å². The van der Waals surface area contributed by atoms with E-state index < -0.39 is 30.8 Å². The summed E-state index contributed by atoms with van der Waals surface area (Å²) < 4.78 is 19.6. The molecule has 47 heavy (non-hydrogen) atoms. The van der Waals surface area contributed by atoms with Crippen molar-refractivity contribution in [2.24, 2.45) is 0 Å². The highest BCUT2D eigenvalue weighted by Gasteiger charge is 2.34. The summed E-state index contributed by atoms with van der Waals surface area (Å²) in [5.74, 6) is -0.351. The lowest BCUT2D eigenvalue weighted by Crippen LogP contribution is -2.47. The lowest BCUT2D eigenvalue weighted by atomic mass is 9.86. The molecule has 8 nitrogen and oxygen atoms in total.